The summed E-state index contributed by atoms with van der Waals surface area (Å²) < 4.78 is 0.248. The van der Waals surface area contributed by atoms with Crippen LogP contribution >= 0.6 is 0 Å². The van der Waals surface area contributed by atoms with Gasteiger partial charge in [-0.15, -0.1) is 0 Å². The molecule has 0 fully saturated rings. The number of rotatable bonds is 1. The molecule has 0 amide bonds. The van der Waals surface area contributed by atoms with E-state index in [4.69, 9.17) is 0 Å². The Hall–Kier alpha value is -0.423. The van der Waals surface area contributed by atoms with E-state index < -0.39 is 8.41 Å². The van der Waals surface area contributed by atoms with Gasteiger partial charge in [0.1, 0.15) is 0 Å². The molecule has 0 saturated carbocycles. The van der Waals surface area contributed by atoms with Crippen LogP contribution < -0.4 is 10.6 Å². The standard InChI is InChI=1S/C21H27Si.2C2H7N.Hf/c1-14-18(22(5)6)13-9-12-17-19(14)15(2)21(3,4)20(17)16-10-7-8-11-16;2*1-3-2;/h7-10,12-14H,11H2,1-6H3;2*3H,1-2H3;. The van der Waals surface area contributed by atoms with Crippen LogP contribution in [0.15, 0.2) is 58.7 Å². The Balaban J connectivity index is 0.000000626. The molecule has 4 heteroatoms. The molecule has 0 aromatic carbocycles. The molecular weight excluding hydrogens is 535 g/mol. The molecule has 2 atom stereocenters. The molecular formula is C25H41HfN2Si. The second kappa shape index (κ2) is 11.3. The van der Waals surface area contributed by atoms with Crippen molar-refractivity contribution in [3.8, 4) is 0 Å². The minimum atomic E-state index is -0.413. The summed E-state index contributed by atoms with van der Waals surface area (Å²) in [6.45, 7) is 14.7. The summed E-state index contributed by atoms with van der Waals surface area (Å²) in [6.07, 6.45) is 15.3. The van der Waals surface area contributed by atoms with Crippen molar-refractivity contribution < 1.29 is 24.4 Å². The van der Waals surface area contributed by atoms with Crippen molar-refractivity contribution in [3.63, 3.8) is 0 Å². The number of nitrogens with one attached hydrogen (secondary N) is 2. The van der Waals surface area contributed by atoms with Crippen LogP contribution in [0, 0.1) is 11.3 Å². The van der Waals surface area contributed by atoms with Crippen LogP contribution in [0.2, 0.25) is 16.3 Å². The Labute approximate surface area is 196 Å². The molecule has 2 N–H and O–H groups in total. The minimum Gasteiger partial charge on any atom is -0.323 e. The van der Waals surface area contributed by atoms with Crippen LogP contribution in [-0.2, 0) is 24.4 Å². The first-order valence-corrected chi connectivity index (χ1v) is 14.9. The summed E-state index contributed by atoms with van der Waals surface area (Å²) in [5, 5.41) is 7.18. The molecule has 0 aromatic heterocycles. The van der Waals surface area contributed by atoms with Crippen LogP contribution in [0.5, 0.6) is 0 Å². The molecule has 3 aliphatic carbocycles. The first-order chi connectivity index (χ1) is 13.6. The average molecular weight is 576 g/mol. The summed E-state index contributed by atoms with van der Waals surface area (Å²) in [4.78, 5) is 0. The van der Waals surface area contributed by atoms with Gasteiger partial charge in [0.05, 0.1) is 0 Å². The molecule has 0 spiro atoms. The van der Waals surface area contributed by atoms with Crippen molar-refractivity contribution in [1.29, 1.82) is 0 Å². The van der Waals surface area contributed by atoms with Crippen molar-refractivity contribution in [3.05, 3.63) is 58.7 Å². The first-order valence-electron chi connectivity index (χ1n) is 10.6. The van der Waals surface area contributed by atoms with Crippen molar-refractivity contribution in [2.45, 2.75) is 50.4 Å². The van der Waals surface area contributed by atoms with Gasteiger partial charge < -0.3 is 10.6 Å². The molecule has 29 heavy (non-hydrogen) atoms. The largest absolute Gasteiger partial charge is 0.323 e. The maximum Gasteiger partial charge on any atom is -0.0167 e. The second-order valence-electron chi connectivity index (χ2n) is 8.85. The van der Waals surface area contributed by atoms with Crippen LogP contribution in [0.4, 0.5) is 0 Å². The van der Waals surface area contributed by atoms with Gasteiger partial charge in [-0.1, -0.05) is 0 Å². The van der Waals surface area contributed by atoms with E-state index >= 15 is 0 Å². The third kappa shape index (κ3) is 5.08. The quantitative estimate of drug-likeness (QED) is 0.418. The molecule has 159 valence electrons. The zero-order valence-electron chi connectivity index (χ0n) is 20.2. The van der Waals surface area contributed by atoms with E-state index in [1.165, 1.54) is 24.4 Å². The molecule has 3 rings (SSSR count). The second-order valence-corrected chi connectivity index (χ2v) is 14.1. The van der Waals surface area contributed by atoms with E-state index in [2.05, 4.69) is 87.9 Å². The monoisotopic (exact) mass is 577 g/mol. The Morgan fingerprint density at radius 1 is 1.03 bits per heavy atom. The van der Waals surface area contributed by atoms with Crippen molar-refractivity contribution >= 4 is 13.6 Å². The fourth-order valence-electron chi connectivity index (χ4n) is 4.58. The Morgan fingerprint density at radius 3 is 2.03 bits per heavy atom. The Bertz CT molecular complexity index is 775. The first kappa shape index (κ1) is 26.6. The number of hydrogen-bond donors (Lipinski definition) is 2. The molecule has 0 heterocycles. The predicted molar refractivity (Wildman–Crippen MR) is 130 cm³/mol. The van der Waals surface area contributed by atoms with Crippen LogP contribution in [0.25, 0.3) is 0 Å². The van der Waals surface area contributed by atoms with E-state index in [0.717, 1.165) is 6.42 Å². The summed E-state index contributed by atoms with van der Waals surface area (Å²) in [7, 11) is 7.09. The van der Waals surface area contributed by atoms with E-state index in [9.17, 15) is 0 Å². The van der Waals surface area contributed by atoms with E-state index in [0.29, 0.717) is 5.92 Å². The minimum absolute atomic E-state index is 0.233. The average Bonchev–Trinajstić information content (AvgIpc) is 3.17. The topological polar surface area (TPSA) is 24.1 Å². The number of allylic oxidation sites excluding steroid dienone is 10. The summed E-state index contributed by atoms with van der Waals surface area (Å²) in [5.41, 5.74) is 6.78. The fraction of sp³-hybridized carbons (Fsp3) is 0.560. The molecule has 0 bridgehead atoms. The van der Waals surface area contributed by atoms with Gasteiger partial charge in [-0.05, 0) is 28.2 Å². The predicted octanol–water partition coefficient (Wildman–Crippen LogP) is 5.25. The Morgan fingerprint density at radius 2 is 1.59 bits per heavy atom. The fourth-order valence-corrected chi connectivity index (χ4v) is 8.14. The molecule has 0 aromatic rings. The number of fused-ring (bicyclic) bond motifs is 1. The van der Waals surface area contributed by atoms with Gasteiger partial charge in [0.15, 0.2) is 0 Å². The van der Waals surface area contributed by atoms with Crippen LogP contribution in [0.1, 0.15) is 34.1 Å². The third-order valence-corrected chi connectivity index (χ3v) is 12.4. The van der Waals surface area contributed by atoms with E-state index in [1.807, 2.05) is 28.2 Å². The van der Waals surface area contributed by atoms with Crippen molar-refractivity contribution in [2.75, 3.05) is 28.2 Å². The van der Waals surface area contributed by atoms with Crippen molar-refractivity contribution in [2.24, 2.45) is 11.3 Å². The molecule has 2 unspecified atom stereocenters. The van der Waals surface area contributed by atoms with Gasteiger partial charge in [0.2, 0.25) is 0 Å². The van der Waals surface area contributed by atoms with E-state index in [1.54, 1.807) is 27.5 Å². The van der Waals surface area contributed by atoms with Crippen LogP contribution in [0.3, 0.4) is 0 Å². The van der Waals surface area contributed by atoms with Crippen LogP contribution in [-0.4, -0.2) is 41.8 Å². The molecule has 0 radical (unpaired) electrons. The smallest absolute Gasteiger partial charge is 0.0167 e. The zero-order valence-corrected chi connectivity index (χ0v) is 24.8. The SMILES string of the molecule is CC1=C2C(=CC=CC(=[Si](C)C)C2C)[C]([Hf])(C2=CC=CC2)C1(C)C.CNC.CNC. The maximum absolute atomic E-state index is 2.75. The normalized spacial score (nSPS) is 26.5. The van der Waals surface area contributed by atoms with Gasteiger partial charge in [0.25, 0.3) is 0 Å². The van der Waals surface area contributed by atoms with Gasteiger partial charge in [0, 0.05) is 0 Å². The number of hydrogen-bond acceptors (Lipinski definition) is 2. The van der Waals surface area contributed by atoms with Crippen molar-refractivity contribution in [1.82, 2.24) is 10.6 Å². The van der Waals surface area contributed by atoms with Gasteiger partial charge in [-0.3, -0.25) is 0 Å². The molecule has 2 nitrogen and oxygen atoms in total. The molecule has 3 aliphatic rings. The third-order valence-electron chi connectivity index (χ3n) is 6.24. The Kier molecular flexibility index (Phi) is 10.3. The zero-order chi connectivity index (χ0) is 22.4. The molecule has 0 saturated heterocycles. The summed E-state index contributed by atoms with van der Waals surface area (Å²) in [5.74, 6) is 0.578. The summed E-state index contributed by atoms with van der Waals surface area (Å²) >= 11 is 1.17. The van der Waals surface area contributed by atoms with Gasteiger partial charge in [-0.2, -0.15) is 0 Å². The van der Waals surface area contributed by atoms with Gasteiger partial charge >= 0.3 is 158 Å². The maximum atomic E-state index is 2.75. The molecule has 0 aliphatic heterocycles. The van der Waals surface area contributed by atoms with E-state index in [-0.39, 0.29) is 8.59 Å². The van der Waals surface area contributed by atoms with Gasteiger partial charge in [-0.25, -0.2) is 0 Å². The summed E-state index contributed by atoms with van der Waals surface area (Å²) in [6, 6.07) is 0.